The van der Waals surface area contributed by atoms with Crippen molar-refractivity contribution < 1.29 is 17.9 Å². The summed E-state index contributed by atoms with van der Waals surface area (Å²) < 4.78 is 49.4. The Morgan fingerprint density at radius 3 is 2.87 bits per heavy atom. The Hall–Kier alpha value is -1.72. The third-order valence-electron chi connectivity index (χ3n) is 2.86. The molecule has 0 atom stereocenters. The first-order valence-corrected chi connectivity index (χ1v) is 7.98. The predicted molar refractivity (Wildman–Crippen MR) is 77.6 cm³/mol. The van der Waals surface area contributed by atoms with Gasteiger partial charge in [-0.25, -0.2) is 4.98 Å². The molecular formula is C12H10F3N5OS2. The molecule has 0 bridgehead atoms. The van der Waals surface area contributed by atoms with E-state index in [1.165, 1.54) is 10.5 Å². The SMILES string of the molecule is COCCc1nsc(Sc2nnc3ccc(C(F)(F)F)cn23)n1. The maximum Gasteiger partial charge on any atom is 0.417 e. The zero-order valence-corrected chi connectivity index (χ0v) is 13.4. The van der Waals surface area contributed by atoms with E-state index in [9.17, 15) is 13.2 Å². The number of hydrogen-bond acceptors (Lipinski definition) is 7. The molecule has 0 radical (unpaired) electrons. The van der Waals surface area contributed by atoms with Crippen LogP contribution in [-0.2, 0) is 17.3 Å². The van der Waals surface area contributed by atoms with Gasteiger partial charge in [-0.2, -0.15) is 17.5 Å². The Balaban J connectivity index is 1.86. The van der Waals surface area contributed by atoms with Crippen molar-refractivity contribution in [2.75, 3.05) is 13.7 Å². The van der Waals surface area contributed by atoms with Gasteiger partial charge in [-0.05, 0) is 35.4 Å². The number of alkyl halides is 3. The van der Waals surface area contributed by atoms with Gasteiger partial charge >= 0.3 is 6.18 Å². The van der Waals surface area contributed by atoms with Crippen molar-refractivity contribution in [2.45, 2.75) is 22.1 Å². The standard InChI is InChI=1S/C12H10F3N5OS2/c1-21-5-4-8-16-11(23-19-8)22-10-18-17-9-3-2-7(6-20(9)10)12(13,14)15/h2-3,6H,4-5H2,1H3. The molecule has 0 N–H and O–H groups in total. The number of halogens is 3. The van der Waals surface area contributed by atoms with Crippen molar-refractivity contribution in [2.24, 2.45) is 0 Å². The fourth-order valence-electron chi connectivity index (χ4n) is 1.76. The van der Waals surface area contributed by atoms with Gasteiger partial charge in [0.2, 0.25) is 5.16 Å². The Morgan fingerprint density at radius 1 is 1.30 bits per heavy atom. The first-order valence-electron chi connectivity index (χ1n) is 6.39. The van der Waals surface area contributed by atoms with Crippen molar-refractivity contribution in [3.8, 4) is 0 Å². The molecule has 3 heterocycles. The minimum Gasteiger partial charge on any atom is -0.384 e. The smallest absolute Gasteiger partial charge is 0.384 e. The summed E-state index contributed by atoms with van der Waals surface area (Å²) in [6.07, 6.45) is -2.87. The first-order chi connectivity index (χ1) is 11.0. The molecule has 0 fully saturated rings. The number of nitrogens with zero attached hydrogens (tertiary/aromatic N) is 5. The van der Waals surface area contributed by atoms with Crippen molar-refractivity contribution in [3.05, 3.63) is 29.7 Å². The van der Waals surface area contributed by atoms with Crippen LogP contribution < -0.4 is 0 Å². The van der Waals surface area contributed by atoms with Crippen LogP contribution in [0.3, 0.4) is 0 Å². The van der Waals surface area contributed by atoms with E-state index < -0.39 is 11.7 Å². The molecule has 6 nitrogen and oxygen atoms in total. The summed E-state index contributed by atoms with van der Waals surface area (Å²) in [6.45, 7) is 0.504. The maximum absolute atomic E-state index is 12.8. The average Bonchev–Trinajstić information content (AvgIpc) is 3.11. The van der Waals surface area contributed by atoms with Gasteiger partial charge in [-0.15, -0.1) is 10.2 Å². The van der Waals surface area contributed by atoms with E-state index in [-0.39, 0.29) is 0 Å². The van der Waals surface area contributed by atoms with Gasteiger partial charge in [0.05, 0.1) is 12.2 Å². The van der Waals surface area contributed by atoms with Crippen LogP contribution in [0.25, 0.3) is 5.65 Å². The highest BCUT2D eigenvalue weighted by Gasteiger charge is 2.31. The number of ether oxygens (including phenoxy) is 1. The molecule has 0 unspecified atom stereocenters. The summed E-state index contributed by atoms with van der Waals surface area (Å²) in [5.74, 6) is 0.629. The van der Waals surface area contributed by atoms with Gasteiger partial charge in [0.25, 0.3) is 0 Å². The van der Waals surface area contributed by atoms with E-state index >= 15 is 0 Å². The fourth-order valence-corrected chi connectivity index (χ4v) is 3.34. The van der Waals surface area contributed by atoms with Crippen LogP contribution >= 0.6 is 23.3 Å². The van der Waals surface area contributed by atoms with Gasteiger partial charge in [0, 0.05) is 19.7 Å². The Kier molecular flexibility index (Phi) is 4.50. The van der Waals surface area contributed by atoms with Crippen molar-refractivity contribution in [3.63, 3.8) is 0 Å². The second kappa shape index (κ2) is 6.42. The Morgan fingerprint density at radius 2 is 2.13 bits per heavy atom. The quantitative estimate of drug-likeness (QED) is 0.696. The summed E-state index contributed by atoms with van der Waals surface area (Å²) in [5, 5.41) is 8.07. The monoisotopic (exact) mass is 361 g/mol. The van der Waals surface area contributed by atoms with E-state index in [0.29, 0.717) is 34.0 Å². The van der Waals surface area contributed by atoms with E-state index in [1.807, 2.05) is 0 Å². The zero-order valence-electron chi connectivity index (χ0n) is 11.7. The van der Waals surface area contributed by atoms with Gasteiger partial charge in [0.15, 0.2) is 9.99 Å². The average molecular weight is 361 g/mol. The third kappa shape index (κ3) is 3.62. The molecule has 23 heavy (non-hydrogen) atoms. The molecule has 3 rings (SSSR count). The summed E-state index contributed by atoms with van der Waals surface area (Å²) in [6, 6.07) is 2.26. The van der Waals surface area contributed by atoms with Crippen LogP contribution in [0, 0.1) is 0 Å². The molecule has 0 amide bonds. The van der Waals surface area contributed by atoms with Crippen molar-refractivity contribution in [1.82, 2.24) is 24.0 Å². The number of aromatic nitrogens is 5. The van der Waals surface area contributed by atoms with Crippen LogP contribution in [0.4, 0.5) is 13.2 Å². The molecule has 122 valence electrons. The normalized spacial score (nSPS) is 12.2. The molecule has 0 saturated carbocycles. The van der Waals surface area contributed by atoms with Crippen LogP contribution in [0.2, 0.25) is 0 Å². The number of pyridine rings is 1. The topological polar surface area (TPSA) is 65.2 Å². The predicted octanol–water partition coefficient (Wildman–Crippen LogP) is 2.94. The van der Waals surface area contributed by atoms with Crippen LogP contribution in [0.5, 0.6) is 0 Å². The van der Waals surface area contributed by atoms with E-state index in [4.69, 9.17) is 4.74 Å². The molecular weight excluding hydrogens is 351 g/mol. The van der Waals surface area contributed by atoms with Crippen molar-refractivity contribution in [1.29, 1.82) is 0 Å². The van der Waals surface area contributed by atoms with Gasteiger partial charge in [-0.1, -0.05) is 0 Å². The molecule has 11 heteroatoms. The lowest BCUT2D eigenvalue weighted by Crippen LogP contribution is -2.06. The molecule has 3 aromatic heterocycles. The second-order valence-corrected chi connectivity index (χ2v) is 6.41. The van der Waals surface area contributed by atoms with E-state index in [2.05, 4.69) is 19.6 Å². The molecule has 0 aromatic carbocycles. The first kappa shape index (κ1) is 16.1. The molecule has 0 aliphatic rings. The largest absolute Gasteiger partial charge is 0.417 e. The van der Waals surface area contributed by atoms with E-state index in [1.54, 1.807) is 7.11 Å². The minimum atomic E-state index is -4.42. The fraction of sp³-hybridized carbons (Fsp3) is 0.333. The van der Waals surface area contributed by atoms with Crippen molar-refractivity contribution >= 4 is 28.9 Å². The molecule has 0 spiro atoms. The molecule has 0 aliphatic carbocycles. The van der Waals surface area contributed by atoms with Gasteiger partial charge in [0.1, 0.15) is 5.82 Å². The Labute approximate surface area is 136 Å². The number of rotatable bonds is 5. The van der Waals surface area contributed by atoms with Gasteiger partial charge < -0.3 is 4.74 Å². The van der Waals surface area contributed by atoms with Crippen LogP contribution in [0.15, 0.2) is 27.8 Å². The minimum absolute atomic E-state index is 0.306. The second-order valence-electron chi connectivity index (χ2n) is 4.45. The third-order valence-corrected chi connectivity index (χ3v) is 4.61. The Bertz CT molecular complexity index is 816. The lowest BCUT2D eigenvalue weighted by Gasteiger charge is -2.06. The van der Waals surface area contributed by atoms with Crippen LogP contribution in [-0.4, -0.2) is 37.7 Å². The number of fused-ring (bicyclic) bond motifs is 1. The molecule has 0 saturated heterocycles. The summed E-state index contributed by atoms with van der Waals surface area (Å²) in [7, 11) is 1.59. The summed E-state index contributed by atoms with van der Waals surface area (Å²) >= 11 is 2.28. The maximum atomic E-state index is 12.8. The molecule has 0 aliphatic heterocycles. The highest BCUT2D eigenvalue weighted by atomic mass is 32.2. The summed E-state index contributed by atoms with van der Waals surface area (Å²) in [5.41, 5.74) is -0.422. The summed E-state index contributed by atoms with van der Waals surface area (Å²) in [4.78, 5) is 4.29. The lowest BCUT2D eigenvalue weighted by atomic mass is 10.3. The lowest BCUT2D eigenvalue weighted by molar-refractivity contribution is -0.137. The highest BCUT2D eigenvalue weighted by Crippen LogP contribution is 2.32. The zero-order chi connectivity index (χ0) is 16.4. The molecule has 3 aromatic rings. The van der Waals surface area contributed by atoms with Gasteiger partial charge in [-0.3, -0.25) is 4.40 Å². The number of methoxy groups -OCH3 is 1. The highest BCUT2D eigenvalue weighted by molar-refractivity contribution is 8.00. The van der Waals surface area contributed by atoms with E-state index in [0.717, 1.165) is 35.6 Å². The van der Waals surface area contributed by atoms with Crippen LogP contribution in [0.1, 0.15) is 11.4 Å². The number of hydrogen-bond donors (Lipinski definition) is 0.